The molecule has 1 fully saturated rings. The quantitative estimate of drug-likeness (QED) is 0.637. The first-order chi connectivity index (χ1) is 8.63. The summed E-state index contributed by atoms with van der Waals surface area (Å²) in [6, 6.07) is -0.153. The highest BCUT2D eigenvalue weighted by molar-refractivity contribution is 7.99. The lowest BCUT2D eigenvalue weighted by Crippen LogP contribution is -2.42. The largest absolute Gasteiger partial charge is 0.394 e. The summed E-state index contributed by atoms with van der Waals surface area (Å²) in [4.78, 5) is 11.6. The Morgan fingerprint density at radius 3 is 2.67 bits per heavy atom. The van der Waals surface area contributed by atoms with Gasteiger partial charge in [0.1, 0.15) is 0 Å². The Morgan fingerprint density at radius 1 is 1.44 bits per heavy atom. The zero-order valence-electron chi connectivity index (χ0n) is 11.1. The molecule has 6 heteroatoms. The number of amides is 1. The fourth-order valence-electron chi connectivity index (χ4n) is 1.59. The molecular weight excluding hydrogens is 254 g/mol. The Morgan fingerprint density at radius 2 is 2.11 bits per heavy atom. The Bertz CT molecular complexity index is 244. The van der Waals surface area contributed by atoms with Crippen molar-refractivity contribution in [3.63, 3.8) is 0 Å². The standard InChI is InChI=1S/C12H23NO4S/c1-9(2)10(7-14)13-11(15)8-18-6-3-12-16-4-5-17-12/h9-10,12,14H,3-8H2,1-2H3,(H,13,15)/t10-/m1/s1. The summed E-state index contributed by atoms with van der Waals surface area (Å²) < 4.78 is 10.6. The predicted octanol–water partition coefficient (Wildman–Crippen LogP) is 0.616. The molecule has 1 aliphatic heterocycles. The molecule has 1 heterocycles. The van der Waals surface area contributed by atoms with E-state index in [1.807, 2.05) is 13.8 Å². The van der Waals surface area contributed by atoms with Gasteiger partial charge in [-0.3, -0.25) is 4.79 Å². The molecule has 18 heavy (non-hydrogen) atoms. The monoisotopic (exact) mass is 277 g/mol. The summed E-state index contributed by atoms with van der Waals surface area (Å²) in [5.41, 5.74) is 0. The summed E-state index contributed by atoms with van der Waals surface area (Å²) in [5, 5.41) is 11.9. The first-order valence-corrected chi connectivity index (χ1v) is 7.50. The van der Waals surface area contributed by atoms with Crippen LogP contribution < -0.4 is 5.32 Å². The van der Waals surface area contributed by atoms with Gasteiger partial charge in [-0.25, -0.2) is 0 Å². The van der Waals surface area contributed by atoms with Crippen LogP contribution in [0, 0.1) is 5.92 Å². The summed E-state index contributed by atoms with van der Waals surface area (Å²) in [5.74, 6) is 1.46. The number of ether oxygens (including phenoxy) is 2. The smallest absolute Gasteiger partial charge is 0.230 e. The van der Waals surface area contributed by atoms with E-state index in [0.29, 0.717) is 19.0 Å². The van der Waals surface area contributed by atoms with Crippen molar-refractivity contribution in [2.45, 2.75) is 32.6 Å². The van der Waals surface area contributed by atoms with Gasteiger partial charge in [0.05, 0.1) is 31.6 Å². The number of aliphatic hydroxyl groups is 1. The van der Waals surface area contributed by atoms with E-state index in [1.165, 1.54) is 0 Å². The van der Waals surface area contributed by atoms with E-state index in [2.05, 4.69) is 5.32 Å². The lowest BCUT2D eigenvalue weighted by molar-refractivity contribution is -0.119. The first kappa shape index (κ1) is 15.8. The van der Waals surface area contributed by atoms with Crippen LogP contribution >= 0.6 is 11.8 Å². The van der Waals surface area contributed by atoms with E-state index in [0.717, 1.165) is 12.2 Å². The number of carbonyl (C=O) groups is 1. The minimum atomic E-state index is -0.153. The van der Waals surface area contributed by atoms with Gasteiger partial charge < -0.3 is 19.9 Å². The van der Waals surface area contributed by atoms with Gasteiger partial charge in [0, 0.05) is 6.42 Å². The number of hydrogen-bond donors (Lipinski definition) is 2. The molecule has 0 aromatic heterocycles. The summed E-state index contributed by atoms with van der Waals surface area (Å²) in [7, 11) is 0. The highest BCUT2D eigenvalue weighted by Crippen LogP contribution is 2.12. The van der Waals surface area contributed by atoms with Gasteiger partial charge in [-0.2, -0.15) is 11.8 Å². The van der Waals surface area contributed by atoms with Crippen molar-refractivity contribution in [3.05, 3.63) is 0 Å². The number of aliphatic hydroxyl groups excluding tert-OH is 1. The van der Waals surface area contributed by atoms with Crippen LogP contribution in [-0.4, -0.2) is 54.7 Å². The van der Waals surface area contributed by atoms with Crippen LogP contribution in [0.25, 0.3) is 0 Å². The van der Waals surface area contributed by atoms with Gasteiger partial charge in [0.15, 0.2) is 6.29 Å². The zero-order chi connectivity index (χ0) is 13.4. The average molecular weight is 277 g/mol. The van der Waals surface area contributed by atoms with Crippen LogP contribution in [0.1, 0.15) is 20.3 Å². The Kier molecular flexibility index (Phi) is 7.65. The molecular formula is C12H23NO4S. The molecule has 1 atom stereocenters. The van der Waals surface area contributed by atoms with Gasteiger partial charge in [-0.05, 0) is 11.7 Å². The van der Waals surface area contributed by atoms with Gasteiger partial charge in [0.25, 0.3) is 0 Å². The lowest BCUT2D eigenvalue weighted by atomic mass is 10.1. The topological polar surface area (TPSA) is 67.8 Å². The van der Waals surface area contributed by atoms with Crippen molar-refractivity contribution >= 4 is 17.7 Å². The third-order valence-electron chi connectivity index (χ3n) is 2.77. The SMILES string of the molecule is CC(C)[C@@H](CO)NC(=O)CSCCC1OCCO1. The number of nitrogens with one attached hydrogen (secondary N) is 1. The third-order valence-corrected chi connectivity index (χ3v) is 3.76. The maximum Gasteiger partial charge on any atom is 0.230 e. The normalized spacial score (nSPS) is 18.2. The molecule has 1 aliphatic rings. The molecule has 0 aromatic carbocycles. The maximum atomic E-state index is 11.6. The molecule has 0 aromatic rings. The number of hydrogen-bond acceptors (Lipinski definition) is 5. The average Bonchev–Trinajstić information content (AvgIpc) is 2.84. The van der Waals surface area contributed by atoms with Crippen molar-refractivity contribution in [1.29, 1.82) is 0 Å². The van der Waals surface area contributed by atoms with E-state index in [4.69, 9.17) is 14.6 Å². The molecule has 0 bridgehead atoms. The minimum absolute atomic E-state index is 0.0160. The molecule has 5 nitrogen and oxygen atoms in total. The Hall–Kier alpha value is -0.300. The van der Waals surface area contributed by atoms with Crippen LogP contribution in [0.3, 0.4) is 0 Å². The van der Waals surface area contributed by atoms with Crippen LogP contribution in [-0.2, 0) is 14.3 Å². The van der Waals surface area contributed by atoms with Gasteiger partial charge in [-0.1, -0.05) is 13.8 Å². The van der Waals surface area contributed by atoms with Crippen molar-refractivity contribution < 1.29 is 19.4 Å². The van der Waals surface area contributed by atoms with Crippen LogP contribution in [0.5, 0.6) is 0 Å². The predicted molar refractivity (Wildman–Crippen MR) is 71.5 cm³/mol. The summed E-state index contributed by atoms with van der Waals surface area (Å²) in [6.07, 6.45) is 0.715. The molecule has 1 saturated heterocycles. The molecule has 0 radical (unpaired) electrons. The Labute approximate surface area is 113 Å². The van der Waals surface area contributed by atoms with E-state index in [9.17, 15) is 4.79 Å². The highest BCUT2D eigenvalue weighted by atomic mass is 32.2. The minimum Gasteiger partial charge on any atom is -0.394 e. The number of carbonyl (C=O) groups excluding carboxylic acids is 1. The highest BCUT2D eigenvalue weighted by Gasteiger charge is 2.17. The van der Waals surface area contributed by atoms with Crippen LogP contribution in [0.2, 0.25) is 0 Å². The molecule has 1 amide bonds. The second-order valence-electron chi connectivity index (χ2n) is 4.61. The maximum absolute atomic E-state index is 11.6. The molecule has 0 aliphatic carbocycles. The van der Waals surface area contributed by atoms with E-state index < -0.39 is 0 Å². The number of rotatable bonds is 8. The number of thioether (sulfide) groups is 1. The summed E-state index contributed by atoms with van der Waals surface area (Å²) >= 11 is 1.56. The second-order valence-corrected chi connectivity index (χ2v) is 5.72. The molecule has 0 unspecified atom stereocenters. The molecule has 106 valence electrons. The first-order valence-electron chi connectivity index (χ1n) is 6.34. The van der Waals surface area contributed by atoms with Crippen molar-refractivity contribution in [3.8, 4) is 0 Å². The molecule has 2 N–H and O–H groups in total. The molecule has 0 spiro atoms. The lowest BCUT2D eigenvalue weighted by Gasteiger charge is -2.19. The Balaban J connectivity index is 2.05. The van der Waals surface area contributed by atoms with Crippen molar-refractivity contribution in [2.24, 2.45) is 5.92 Å². The van der Waals surface area contributed by atoms with Gasteiger partial charge >= 0.3 is 0 Å². The molecule has 0 saturated carbocycles. The molecule has 1 rings (SSSR count). The van der Waals surface area contributed by atoms with Crippen LogP contribution in [0.15, 0.2) is 0 Å². The van der Waals surface area contributed by atoms with Crippen molar-refractivity contribution in [1.82, 2.24) is 5.32 Å². The van der Waals surface area contributed by atoms with E-state index in [-0.39, 0.29) is 30.8 Å². The van der Waals surface area contributed by atoms with Gasteiger partial charge in [0.2, 0.25) is 5.91 Å². The fourth-order valence-corrected chi connectivity index (χ4v) is 2.36. The third kappa shape index (κ3) is 6.04. The van der Waals surface area contributed by atoms with E-state index >= 15 is 0 Å². The fraction of sp³-hybridized carbons (Fsp3) is 0.917. The van der Waals surface area contributed by atoms with Crippen molar-refractivity contribution in [2.75, 3.05) is 31.3 Å². The second kappa shape index (κ2) is 8.74. The van der Waals surface area contributed by atoms with Crippen LogP contribution in [0.4, 0.5) is 0 Å². The van der Waals surface area contributed by atoms with E-state index in [1.54, 1.807) is 11.8 Å². The summed E-state index contributed by atoms with van der Waals surface area (Å²) in [6.45, 7) is 5.27. The van der Waals surface area contributed by atoms with Gasteiger partial charge in [-0.15, -0.1) is 0 Å². The zero-order valence-corrected chi connectivity index (χ0v) is 11.9.